The van der Waals surface area contributed by atoms with Gasteiger partial charge in [0.25, 0.3) is 0 Å². The van der Waals surface area contributed by atoms with E-state index in [1.165, 1.54) is 11.8 Å². The van der Waals surface area contributed by atoms with Crippen molar-refractivity contribution in [2.75, 3.05) is 6.26 Å². The number of aliphatic hydroxyl groups excluding tert-OH is 1. The Hall–Kier alpha value is -1.00. The average molecular weight is 226 g/mol. The highest BCUT2D eigenvalue weighted by molar-refractivity contribution is 7.98. The molecule has 0 saturated heterocycles. The van der Waals surface area contributed by atoms with Crippen LogP contribution in [0.2, 0.25) is 0 Å². The first-order valence-corrected chi connectivity index (χ1v) is 5.76. The van der Waals surface area contributed by atoms with E-state index in [-0.39, 0.29) is 0 Å². The lowest BCUT2D eigenvalue weighted by atomic mass is 10.0. The van der Waals surface area contributed by atoms with Crippen LogP contribution < -0.4 is 0 Å². The number of aliphatic hydroxyl groups is 1. The number of carbonyl (C=O) groups is 1. The molecule has 0 aromatic heterocycles. The molecule has 0 aliphatic carbocycles. The third kappa shape index (κ3) is 2.52. The molecule has 0 saturated carbocycles. The van der Waals surface area contributed by atoms with Crippen molar-refractivity contribution in [3.8, 4) is 0 Å². The summed E-state index contributed by atoms with van der Waals surface area (Å²) >= 11 is 1.44. The lowest BCUT2D eigenvalue weighted by Gasteiger charge is -2.13. The van der Waals surface area contributed by atoms with Gasteiger partial charge in [0.2, 0.25) is 0 Å². The maximum Gasteiger partial charge on any atom is 0.337 e. The van der Waals surface area contributed by atoms with Crippen LogP contribution >= 0.6 is 11.8 Å². The first-order valence-electron chi connectivity index (χ1n) is 4.53. The van der Waals surface area contributed by atoms with Crippen LogP contribution in [-0.2, 0) is 4.79 Å². The Morgan fingerprint density at radius 3 is 2.33 bits per heavy atom. The molecule has 1 aromatic carbocycles. The zero-order valence-electron chi connectivity index (χ0n) is 8.94. The van der Waals surface area contributed by atoms with Crippen LogP contribution in [-0.4, -0.2) is 22.4 Å². The summed E-state index contributed by atoms with van der Waals surface area (Å²) in [6.07, 6.45) is 0.425. The Labute approximate surface area is 93.1 Å². The molecular formula is C11H14O3S. The summed E-state index contributed by atoms with van der Waals surface area (Å²) in [5, 5.41) is 18.3. The minimum absolute atomic E-state index is 0.470. The summed E-state index contributed by atoms with van der Waals surface area (Å²) in [6.45, 7) is 3.86. The molecule has 0 radical (unpaired) electrons. The Bertz CT molecular complexity index is 388. The zero-order valence-corrected chi connectivity index (χ0v) is 9.76. The highest BCUT2D eigenvalue weighted by Gasteiger charge is 2.19. The number of thioether (sulfide) groups is 1. The highest BCUT2D eigenvalue weighted by atomic mass is 32.2. The van der Waals surface area contributed by atoms with Crippen molar-refractivity contribution in [1.29, 1.82) is 0 Å². The van der Waals surface area contributed by atoms with Gasteiger partial charge in [-0.1, -0.05) is 6.07 Å². The van der Waals surface area contributed by atoms with Crippen molar-refractivity contribution >= 4 is 17.7 Å². The molecule has 3 nitrogen and oxygen atoms in total. The van der Waals surface area contributed by atoms with Crippen molar-refractivity contribution in [3.63, 3.8) is 0 Å². The number of aliphatic carboxylic acids is 1. The predicted octanol–water partition coefficient (Wildman–Crippen LogP) is 2.14. The van der Waals surface area contributed by atoms with E-state index in [0.29, 0.717) is 5.56 Å². The number of rotatable bonds is 3. The van der Waals surface area contributed by atoms with E-state index in [0.717, 1.165) is 16.0 Å². The van der Waals surface area contributed by atoms with Crippen molar-refractivity contribution in [1.82, 2.24) is 0 Å². The maximum absolute atomic E-state index is 10.7. The minimum Gasteiger partial charge on any atom is -0.479 e. The Kier molecular flexibility index (Phi) is 3.77. The van der Waals surface area contributed by atoms with Crippen LogP contribution in [0.5, 0.6) is 0 Å². The number of carboxylic acid groups (broad SMARTS) is 1. The average Bonchev–Trinajstić information content (AvgIpc) is 2.20. The van der Waals surface area contributed by atoms with E-state index < -0.39 is 12.1 Å². The van der Waals surface area contributed by atoms with Crippen LogP contribution in [0.25, 0.3) is 0 Å². The van der Waals surface area contributed by atoms with Crippen LogP contribution in [0.4, 0.5) is 0 Å². The van der Waals surface area contributed by atoms with Gasteiger partial charge >= 0.3 is 5.97 Å². The highest BCUT2D eigenvalue weighted by Crippen LogP contribution is 2.29. The zero-order chi connectivity index (χ0) is 11.6. The summed E-state index contributed by atoms with van der Waals surface area (Å²) in [5.41, 5.74) is 2.56. The molecule has 0 aliphatic heterocycles. The third-order valence-electron chi connectivity index (χ3n) is 2.37. The molecule has 0 amide bonds. The molecule has 15 heavy (non-hydrogen) atoms. The van der Waals surface area contributed by atoms with Gasteiger partial charge in [0.15, 0.2) is 6.10 Å². The number of hydrogen-bond acceptors (Lipinski definition) is 3. The molecule has 0 aliphatic rings. The van der Waals surface area contributed by atoms with Gasteiger partial charge in [-0.05, 0) is 37.3 Å². The Balaban J connectivity index is 3.27. The first-order chi connectivity index (χ1) is 6.97. The molecule has 0 bridgehead atoms. The molecule has 0 heterocycles. The summed E-state index contributed by atoms with van der Waals surface area (Å²) in [4.78, 5) is 11.5. The fraction of sp³-hybridized carbons (Fsp3) is 0.364. The van der Waals surface area contributed by atoms with E-state index in [2.05, 4.69) is 0 Å². The Morgan fingerprint density at radius 1 is 1.33 bits per heavy atom. The Morgan fingerprint density at radius 2 is 1.87 bits per heavy atom. The second-order valence-electron chi connectivity index (χ2n) is 3.42. The molecule has 0 spiro atoms. The fourth-order valence-electron chi connectivity index (χ4n) is 1.34. The van der Waals surface area contributed by atoms with Gasteiger partial charge in [0.1, 0.15) is 0 Å². The molecule has 82 valence electrons. The van der Waals surface area contributed by atoms with Gasteiger partial charge in [0, 0.05) is 10.5 Å². The molecule has 1 atom stereocenters. The SMILES string of the molecule is CSc1cc(C)c(C)cc1C(O)C(=O)O. The van der Waals surface area contributed by atoms with Gasteiger partial charge in [-0.15, -0.1) is 11.8 Å². The van der Waals surface area contributed by atoms with Crippen molar-refractivity contribution in [2.45, 2.75) is 24.8 Å². The second-order valence-corrected chi connectivity index (χ2v) is 4.27. The van der Waals surface area contributed by atoms with Gasteiger partial charge in [-0.25, -0.2) is 4.79 Å². The lowest BCUT2D eigenvalue weighted by Crippen LogP contribution is -2.12. The van der Waals surface area contributed by atoms with E-state index in [9.17, 15) is 9.90 Å². The molecule has 1 aromatic rings. The van der Waals surface area contributed by atoms with Crippen LogP contribution in [0, 0.1) is 13.8 Å². The van der Waals surface area contributed by atoms with E-state index >= 15 is 0 Å². The van der Waals surface area contributed by atoms with Crippen molar-refractivity contribution in [2.24, 2.45) is 0 Å². The van der Waals surface area contributed by atoms with Gasteiger partial charge < -0.3 is 10.2 Å². The minimum atomic E-state index is -1.44. The van der Waals surface area contributed by atoms with Crippen molar-refractivity contribution < 1.29 is 15.0 Å². The molecule has 1 unspecified atom stereocenters. The fourth-order valence-corrected chi connectivity index (χ4v) is 2.04. The van der Waals surface area contributed by atoms with Crippen LogP contribution in [0.1, 0.15) is 22.8 Å². The molecular weight excluding hydrogens is 212 g/mol. The normalized spacial score (nSPS) is 12.5. The first kappa shape index (κ1) is 12.1. The van der Waals surface area contributed by atoms with E-state index in [1.807, 2.05) is 26.2 Å². The quantitative estimate of drug-likeness (QED) is 0.775. The van der Waals surface area contributed by atoms with Gasteiger partial charge in [0.05, 0.1) is 0 Å². The van der Waals surface area contributed by atoms with E-state index in [4.69, 9.17) is 5.11 Å². The second kappa shape index (κ2) is 4.68. The largest absolute Gasteiger partial charge is 0.479 e. The molecule has 4 heteroatoms. The molecule has 2 N–H and O–H groups in total. The van der Waals surface area contributed by atoms with Gasteiger partial charge in [-0.3, -0.25) is 0 Å². The summed E-state index contributed by atoms with van der Waals surface area (Å²) in [6, 6.07) is 3.64. The standard InChI is InChI=1S/C11H14O3S/c1-6-4-8(10(12)11(13)14)9(15-3)5-7(6)2/h4-5,10,12H,1-3H3,(H,13,14). The summed E-state index contributed by atoms with van der Waals surface area (Å²) in [7, 11) is 0. The molecule has 1 rings (SSSR count). The number of hydrogen-bond donors (Lipinski definition) is 2. The monoisotopic (exact) mass is 226 g/mol. The summed E-state index contributed by atoms with van der Waals surface area (Å²) in [5.74, 6) is -1.21. The van der Waals surface area contributed by atoms with Gasteiger partial charge in [-0.2, -0.15) is 0 Å². The summed E-state index contributed by atoms with van der Waals surface area (Å²) < 4.78 is 0. The topological polar surface area (TPSA) is 57.5 Å². The third-order valence-corrected chi connectivity index (χ3v) is 3.17. The smallest absolute Gasteiger partial charge is 0.337 e. The van der Waals surface area contributed by atoms with Crippen LogP contribution in [0.15, 0.2) is 17.0 Å². The predicted molar refractivity (Wildman–Crippen MR) is 60.3 cm³/mol. The number of aryl methyl sites for hydroxylation is 2. The van der Waals surface area contributed by atoms with Crippen molar-refractivity contribution in [3.05, 3.63) is 28.8 Å². The molecule has 0 fully saturated rings. The number of carboxylic acids is 1. The number of benzene rings is 1. The lowest BCUT2D eigenvalue weighted by molar-refractivity contribution is -0.147. The maximum atomic E-state index is 10.7. The van der Waals surface area contributed by atoms with E-state index in [1.54, 1.807) is 6.07 Å². The van der Waals surface area contributed by atoms with Crippen LogP contribution in [0.3, 0.4) is 0 Å².